The summed E-state index contributed by atoms with van der Waals surface area (Å²) in [6.45, 7) is 9.77. The summed E-state index contributed by atoms with van der Waals surface area (Å²) in [4.78, 5) is 64.0. The molecule has 0 spiro atoms. The number of ether oxygens (including phenoxy) is 1. The van der Waals surface area contributed by atoms with Gasteiger partial charge in [-0.2, -0.15) is 0 Å². The number of carboxylic acids is 3. The average Bonchev–Trinajstić information content (AvgIpc) is 2.94. The molecular weight excluding hydrogens is 612 g/mol. The normalized spacial score (nSPS) is 35.1. The molecule has 2 saturated carbocycles. The van der Waals surface area contributed by atoms with Gasteiger partial charge in [0.25, 0.3) is 0 Å². The molecule has 3 aliphatic rings. The standard InChI is InChI=1S/C35H42O12/c1-19-22(36)15-24-31(3,4)29(19)34(45,17-26(39)40)35(46,18-27(41)42)32(5)14-13-23(20(2)30(32)33(24,44)16-25(37)38)47-28(43)12-11-21-9-7-6-8-10-21/h6-12,23-24,30,44-46H,2,13-18H2,1,3-5H3,(H,37,38)(H,39,40)(H,41,42)/b12-11+/t23-,24+,30+,32+,33-,34+,35+/m0/s1. The third-order valence-corrected chi connectivity index (χ3v) is 10.9. The third kappa shape index (κ3) is 5.72. The first-order chi connectivity index (χ1) is 21.7. The number of allylic oxidation sites excluding steroid dienone is 1. The Morgan fingerprint density at radius 1 is 0.936 bits per heavy atom. The summed E-state index contributed by atoms with van der Waals surface area (Å²) in [7, 11) is 0. The molecule has 254 valence electrons. The molecule has 1 aromatic carbocycles. The molecule has 7 atom stereocenters. The zero-order chi connectivity index (χ0) is 35.3. The summed E-state index contributed by atoms with van der Waals surface area (Å²) in [6.07, 6.45) is -2.69. The lowest BCUT2D eigenvalue weighted by atomic mass is 9.39. The largest absolute Gasteiger partial charge is 0.481 e. The predicted molar refractivity (Wildman–Crippen MR) is 167 cm³/mol. The van der Waals surface area contributed by atoms with Gasteiger partial charge >= 0.3 is 23.9 Å². The molecule has 0 heterocycles. The Bertz CT molecular complexity index is 1570. The Labute approximate surface area is 272 Å². The Hall–Kier alpha value is -4.13. The van der Waals surface area contributed by atoms with Crippen molar-refractivity contribution in [3.8, 4) is 0 Å². The fourth-order valence-corrected chi connectivity index (χ4v) is 9.12. The Morgan fingerprint density at radius 3 is 2.06 bits per heavy atom. The minimum atomic E-state index is -2.93. The van der Waals surface area contributed by atoms with E-state index in [4.69, 9.17) is 4.74 Å². The fourth-order valence-electron chi connectivity index (χ4n) is 9.12. The van der Waals surface area contributed by atoms with Gasteiger partial charge in [0.1, 0.15) is 17.3 Å². The third-order valence-electron chi connectivity index (χ3n) is 10.9. The Balaban J connectivity index is 2.01. The van der Waals surface area contributed by atoms with Gasteiger partial charge in [-0.1, -0.05) is 57.7 Å². The van der Waals surface area contributed by atoms with E-state index in [9.17, 15) is 54.6 Å². The average molecular weight is 655 g/mol. The van der Waals surface area contributed by atoms with E-state index >= 15 is 0 Å². The van der Waals surface area contributed by atoms with Crippen molar-refractivity contribution in [3.05, 3.63) is 65.3 Å². The number of carbonyl (C=O) groups excluding carboxylic acids is 2. The van der Waals surface area contributed by atoms with E-state index in [1.807, 2.05) is 0 Å². The van der Waals surface area contributed by atoms with E-state index in [1.54, 1.807) is 30.3 Å². The highest BCUT2D eigenvalue weighted by Gasteiger charge is 2.75. The zero-order valence-electron chi connectivity index (χ0n) is 26.9. The van der Waals surface area contributed by atoms with Crippen LogP contribution in [-0.4, -0.2) is 83.2 Å². The molecule has 0 amide bonds. The number of rotatable bonds is 9. The SMILES string of the molecule is C=C1[C@@H](OC(=O)/C=C/c2ccccc2)CC[C@]2(C)[C@@H]1[C@](O)(CC(=O)O)[C@@H]1CC(=O)C(C)=C(C1(C)C)[C@](O)(CC(=O)O)[C@@]2(O)CC(=O)O. The molecule has 0 saturated heterocycles. The van der Waals surface area contributed by atoms with Crippen LogP contribution in [0.3, 0.4) is 0 Å². The Kier molecular flexibility index (Phi) is 9.23. The smallest absolute Gasteiger partial charge is 0.331 e. The minimum absolute atomic E-state index is 0.0663. The summed E-state index contributed by atoms with van der Waals surface area (Å²) in [5.41, 5.74) is -11.6. The van der Waals surface area contributed by atoms with Crippen LogP contribution in [-0.2, 0) is 28.7 Å². The lowest BCUT2D eigenvalue weighted by Gasteiger charge is -2.68. The highest BCUT2D eigenvalue weighted by atomic mass is 16.5. The van der Waals surface area contributed by atoms with Gasteiger partial charge in [0.05, 0.1) is 24.9 Å². The molecule has 4 rings (SSSR count). The van der Waals surface area contributed by atoms with Crippen molar-refractivity contribution in [3.63, 3.8) is 0 Å². The van der Waals surface area contributed by atoms with Crippen molar-refractivity contribution >= 4 is 35.7 Å². The van der Waals surface area contributed by atoms with Crippen LogP contribution in [0.4, 0.5) is 0 Å². The number of hydrogen-bond donors (Lipinski definition) is 6. The molecule has 0 aromatic heterocycles. The summed E-state index contributed by atoms with van der Waals surface area (Å²) in [5.74, 6) is -9.06. The lowest BCUT2D eigenvalue weighted by Crippen LogP contribution is -2.76. The van der Waals surface area contributed by atoms with E-state index in [1.165, 1.54) is 39.8 Å². The highest BCUT2D eigenvalue weighted by Crippen LogP contribution is 2.69. The van der Waals surface area contributed by atoms with Crippen LogP contribution < -0.4 is 0 Å². The minimum Gasteiger partial charge on any atom is -0.481 e. The maximum absolute atomic E-state index is 13.6. The monoisotopic (exact) mass is 654 g/mol. The van der Waals surface area contributed by atoms with Crippen LogP contribution in [0.2, 0.25) is 0 Å². The first-order valence-electron chi connectivity index (χ1n) is 15.4. The number of Topliss-reactive ketones (excluding diaryl/α,β-unsaturated/α-hetero) is 1. The van der Waals surface area contributed by atoms with E-state index < -0.39 is 101 Å². The number of carbonyl (C=O) groups is 5. The molecule has 47 heavy (non-hydrogen) atoms. The summed E-state index contributed by atoms with van der Waals surface area (Å²) in [6, 6.07) is 8.87. The number of benzene rings is 1. The summed E-state index contributed by atoms with van der Waals surface area (Å²) in [5, 5.41) is 68.7. The van der Waals surface area contributed by atoms with Crippen LogP contribution in [0.25, 0.3) is 6.08 Å². The van der Waals surface area contributed by atoms with E-state index in [0.29, 0.717) is 5.56 Å². The number of aliphatic hydroxyl groups is 3. The number of hydrogen-bond acceptors (Lipinski definition) is 9. The van der Waals surface area contributed by atoms with Crippen LogP contribution >= 0.6 is 0 Å². The number of fused-ring (bicyclic) bond motifs is 3. The molecule has 6 N–H and O–H groups in total. The van der Waals surface area contributed by atoms with Crippen molar-refractivity contribution in [2.75, 3.05) is 0 Å². The van der Waals surface area contributed by atoms with Gasteiger partial charge in [0.2, 0.25) is 0 Å². The Morgan fingerprint density at radius 2 is 1.51 bits per heavy atom. The fraction of sp³-hybridized carbons (Fsp3) is 0.514. The molecule has 1 aromatic rings. The van der Waals surface area contributed by atoms with E-state index in [-0.39, 0.29) is 29.6 Å². The topological polar surface area (TPSA) is 216 Å². The maximum atomic E-state index is 13.6. The molecular formula is C35H42O12. The van der Waals surface area contributed by atoms with Gasteiger partial charge in [-0.25, -0.2) is 4.79 Å². The second kappa shape index (κ2) is 12.1. The van der Waals surface area contributed by atoms with Gasteiger partial charge in [-0.3, -0.25) is 19.2 Å². The van der Waals surface area contributed by atoms with Crippen LogP contribution in [0.5, 0.6) is 0 Å². The molecule has 3 aliphatic carbocycles. The molecule has 2 bridgehead atoms. The lowest BCUT2D eigenvalue weighted by molar-refractivity contribution is -0.274. The number of ketones is 1. The van der Waals surface area contributed by atoms with Crippen molar-refractivity contribution < 1.29 is 59.3 Å². The van der Waals surface area contributed by atoms with Crippen LogP contribution in [0.1, 0.15) is 71.8 Å². The molecule has 12 nitrogen and oxygen atoms in total. The predicted octanol–water partition coefficient (Wildman–Crippen LogP) is 3.15. The first-order valence-corrected chi connectivity index (χ1v) is 15.4. The van der Waals surface area contributed by atoms with E-state index in [0.717, 1.165) is 0 Å². The molecule has 0 unspecified atom stereocenters. The second-order valence-corrected chi connectivity index (χ2v) is 14.0. The first kappa shape index (κ1) is 35.7. The van der Waals surface area contributed by atoms with Crippen molar-refractivity contribution in [1.82, 2.24) is 0 Å². The van der Waals surface area contributed by atoms with Crippen molar-refractivity contribution in [2.24, 2.45) is 22.7 Å². The number of esters is 1. The molecule has 0 radical (unpaired) electrons. The van der Waals surface area contributed by atoms with Crippen LogP contribution in [0, 0.1) is 22.7 Å². The second-order valence-electron chi connectivity index (χ2n) is 14.0. The summed E-state index contributed by atoms with van der Waals surface area (Å²) >= 11 is 0. The van der Waals surface area contributed by atoms with Gasteiger partial charge < -0.3 is 35.4 Å². The number of carboxylic acid groups (broad SMARTS) is 3. The highest BCUT2D eigenvalue weighted by molar-refractivity contribution is 5.98. The van der Waals surface area contributed by atoms with Gasteiger partial charge in [0, 0.05) is 29.7 Å². The number of aliphatic carboxylic acids is 3. The molecule has 0 aliphatic heterocycles. The van der Waals surface area contributed by atoms with Crippen molar-refractivity contribution in [1.29, 1.82) is 0 Å². The zero-order valence-corrected chi connectivity index (χ0v) is 26.9. The van der Waals surface area contributed by atoms with Gasteiger partial charge in [-0.05, 0) is 53.5 Å². The quantitative estimate of drug-likeness (QED) is 0.129. The van der Waals surface area contributed by atoms with Gasteiger partial charge in [-0.15, -0.1) is 0 Å². The van der Waals surface area contributed by atoms with E-state index in [2.05, 4.69) is 6.58 Å². The van der Waals surface area contributed by atoms with Crippen LogP contribution in [0.15, 0.2) is 59.7 Å². The van der Waals surface area contributed by atoms with Crippen molar-refractivity contribution in [2.45, 2.75) is 89.1 Å². The molecule has 12 heteroatoms. The van der Waals surface area contributed by atoms with Gasteiger partial charge in [0.15, 0.2) is 5.78 Å². The molecule has 2 fully saturated rings. The maximum Gasteiger partial charge on any atom is 0.331 e. The summed E-state index contributed by atoms with van der Waals surface area (Å²) < 4.78 is 5.74.